The van der Waals surface area contributed by atoms with E-state index in [1.165, 1.54) is 6.42 Å². The van der Waals surface area contributed by atoms with Crippen molar-refractivity contribution in [2.45, 2.75) is 20.3 Å². The molecule has 0 fully saturated rings. The van der Waals surface area contributed by atoms with Crippen LogP contribution in [0.2, 0.25) is 0 Å². The van der Waals surface area contributed by atoms with Gasteiger partial charge in [-0.2, -0.15) is 0 Å². The molecule has 2 aromatic rings. The molecule has 2 heterocycles. The predicted molar refractivity (Wildman–Crippen MR) is 116 cm³/mol. The topological polar surface area (TPSA) is 86.7 Å². The van der Waals surface area contributed by atoms with Crippen molar-refractivity contribution in [1.29, 1.82) is 0 Å². The first kappa shape index (κ1) is 24.9. The summed E-state index contributed by atoms with van der Waals surface area (Å²) in [5.74, 6) is -2.20. The Kier molecular flexibility index (Phi) is 11.8. The van der Waals surface area contributed by atoms with Crippen LogP contribution in [0.1, 0.15) is 61.7 Å². The molecular formula is C19H16I3O6-. The molecule has 0 bridgehead atoms. The quantitative estimate of drug-likeness (QED) is 0.236. The minimum absolute atomic E-state index is 0.359. The monoisotopic (exact) mass is 721 g/mol. The van der Waals surface area contributed by atoms with Gasteiger partial charge in [-0.1, -0.05) is 44.5 Å². The molecule has 0 saturated heterocycles. The van der Waals surface area contributed by atoms with Crippen molar-refractivity contribution in [2.24, 2.45) is 0 Å². The summed E-state index contributed by atoms with van der Waals surface area (Å²) in [6.45, 7) is 4.25. The molecular weight excluding hydrogens is 705 g/mol. The fraction of sp³-hybridized carbons (Fsp3) is 0.158. The number of carbonyl (C=O) groups excluding carboxylic acids is 4. The largest absolute Gasteiger partial charge is 0.386 e. The second-order valence-electron chi connectivity index (χ2n) is 5.21. The molecule has 0 spiro atoms. The summed E-state index contributed by atoms with van der Waals surface area (Å²) >= 11 is 5.30. The van der Waals surface area contributed by atoms with E-state index in [2.05, 4.69) is 60.6 Å². The van der Waals surface area contributed by atoms with Gasteiger partial charge < -0.3 is 9.47 Å². The van der Waals surface area contributed by atoms with Crippen LogP contribution in [0, 0.1) is 0 Å². The minimum Gasteiger partial charge on any atom is -0.386 e. The first-order valence-electron chi connectivity index (χ1n) is 7.99. The molecule has 2 aromatic carbocycles. The van der Waals surface area contributed by atoms with Crippen LogP contribution in [0.15, 0.2) is 48.5 Å². The van der Waals surface area contributed by atoms with E-state index in [9.17, 15) is 19.2 Å². The van der Waals surface area contributed by atoms with Gasteiger partial charge in [0.15, 0.2) is 0 Å². The van der Waals surface area contributed by atoms with Gasteiger partial charge in [0, 0.05) is 0 Å². The number of halogens is 3. The van der Waals surface area contributed by atoms with Gasteiger partial charge in [0.05, 0.1) is 22.3 Å². The van der Waals surface area contributed by atoms with Crippen molar-refractivity contribution >= 4 is 61.1 Å². The Labute approximate surface area is 192 Å². The first-order chi connectivity index (χ1) is 13.4. The summed E-state index contributed by atoms with van der Waals surface area (Å²) in [4.78, 5) is 43.3. The normalized spacial score (nSPS) is 12.9. The Morgan fingerprint density at radius 2 is 0.821 bits per heavy atom. The number of hydrogen-bond donors (Lipinski definition) is 0. The summed E-state index contributed by atoms with van der Waals surface area (Å²) in [6, 6.07) is 13.1. The number of cyclic esters (lactones) is 4. The molecule has 0 N–H and O–H groups in total. The van der Waals surface area contributed by atoms with Crippen molar-refractivity contribution in [3.8, 4) is 0 Å². The molecule has 2 aliphatic heterocycles. The molecule has 4 rings (SSSR count). The van der Waals surface area contributed by atoms with Crippen LogP contribution in [0.4, 0.5) is 0 Å². The molecule has 9 heteroatoms. The van der Waals surface area contributed by atoms with Crippen LogP contribution in [-0.2, 0) is 9.47 Å². The molecule has 0 atom stereocenters. The Morgan fingerprint density at radius 1 is 0.643 bits per heavy atom. The maximum atomic E-state index is 10.8. The Bertz CT molecular complexity index is 729. The van der Waals surface area contributed by atoms with Crippen molar-refractivity contribution in [1.82, 2.24) is 0 Å². The van der Waals surface area contributed by atoms with E-state index < -0.39 is 23.9 Å². The summed E-state index contributed by atoms with van der Waals surface area (Å²) in [5.41, 5.74) is 1.44. The standard InChI is InChI=1S/2C8H4O3.C3H8.I3/c2*9-7-5-3-1-2-4-6(5)8(10)11-7;2*1-3-2/h2*1-4H;3H2,1-2H3;/q;;;-1. The average Bonchev–Trinajstić information content (AvgIpc) is 3.14. The fourth-order valence-electron chi connectivity index (χ4n) is 2.07. The van der Waals surface area contributed by atoms with E-state index in [4.69, 9.17) is 0 Å². The van der Waals surface area contributed by atoms with E-state index >= 15 is 0 Å². The van der Waals surface area contributed by atoms with Crippen molar-refractivity contribution in [3.63, 3.8) is 0 Å². The van der Waals surface area contributed by atoms with Crippen LogP contribution >= 0.6 is 37.2 Å². The first-order valence-corrected chi connectivity index (χ1v) is 20.6. The maximum absolute atomic E-state index is 10.8. The van der Waals surface area contributed by atoms with Gasteiger partial charge in [-0.3, -0.25) is 0 Å². The van der Waals surface area contributed by atoms with Gasteiger partial charge in [-0.15, -0.1) is 0 Å². The third-order valence-corrected chi connectivity index (χ3v) is 3.10. The summed E-state index contributed by atoms with van der Waals surface area (Å²) < 4.78 is 8.71. The van der Waals surface area contributed by atoms with E-state index in [1.807, 2.05) is 0 Å². The Balaban J connectivity index is 0.000000220. The molecule has 150 valence electrons. The number of ether oxygens (including phenoxy) is 2. The van der Waals surface area contributed by atoms with E-state index in [-0.39, 0.29) is 0 Å². The third kappa shape index (κ3) is 7.06. The Morgan fingerprint density at radius 3 is 1.00 bits per heavy atom. The summed E-state index contributed by atoms with van der Waals surface area (Å²) in [7, 11) is 0. The van der Waals surface area contributed by atoms with Crippen molar-refractivity contribution in [2.75, 3.05) is 0 Å². The van der Waals surface area contributed by atoms with E-state index in [0.717, 1.165) is 0 Å². The SMILES string of the molecule is CCC.I[I-]I.O=C1OC(=O)c2ccccc21.O=C1OC(=O)c2ccccc21. The van der Waals surface area contributed by atoms with E-state index in [0.29, 0.717) is 35.5 Å². The van der Waals surface area contributed by atoms with Gasteiger partial charge in [0.25, 0.3) is 0 Å². The van der Waals surface area contributed by atoms with Gasteiger partial charge in [0.2, 0.25) is 0 Å². The molecule has 28 heavy (non-hydrogen) atoms. The molecule has 2 aliphatic rings. The molecule has 0 aromatic heterocycles. The zero-order valence-corrected chi connectivity index (χ0v) is 21.4. The van der Waals surface area contributed by atoms with E-state index in [1.54, 1.807) is 48.5 Å². The molecule has 6 nitrogen and oxygen atoms in total. The zero-order valence-electron chi connectivity index (χ0n) is 14.9. The second-order valence-corrected chi connectivity index (χ2v) is 21.5. The van der Waals surface area contributed by atoms with Crippen LogP contribution in [0.5, 0.6) is 0 Å². The van der Waals surface area contributed by atoms with Gasteiger partial charge in [0.1, 0.15) is 0 Å². The number of carbonyl (C=O) groups is 4. The smallest absolute Gasteiger partial charge is 0.346 e. The predicted octanol–water partition coefficient (Wildman–Crippen LogP) is 2.19. The minimum atomic E-state index is -0.550. The van der Waals surface area contributed by atoms with Crippen LogP contribution in [-0.4, -0.2) is 23.9 Å². The van der Waals surface area contributed by atoms with Gasteiger partial charge in [-0.05, 0) is 24.3 Å². The maximum Gasteiger partial charge on any atom is 0.346 e. The molecule has 0 aliphatic carbocycles. The third-order valence-electron chi connectivity index (χ3n) is 3.10. The number of fused-ring (bicyclic) bond motifs is 2. The van der Waals surface area contributed by atoms with Crippen molar-refractivity contribution in [3.05, 3.63) is 70.8 Å². The summed E-state index contributed by atoms with van der Waals surface area (Å²) in [6.07, 6.45) is 1.25. The second kappa shape index (κ2) is 13.2. The number of esters is 4. The fourth-order valence-corrected chi connectivity index (χ4v) is 2.07. The number of hydrogen-bond acceptors (Lipinski definition) is 6. The van der Waals surface area contributed by atoms with Crippen molar-refractivity contribution < 1.29 is 41.9 Å². The van der Waals surface area contributed by atoms with Gasteiger partial charge >= 0.3 is 74.4 Å². The average molecular weight is 721 g/mol. The van der Waals surface area contributed by atoms with Crippen LogP contribution in [0.3, 0.4) is 0 Å². The van der Waals surface area contributed by atoms with Crippen LogP contribution in [0.25, 0.3) is 0 Å². The zero-order chi connectivity index (χ0) is 21.1. The Hall–Kier alpha value is -1.09. The molecule has 0 saturated carbocycles. The summed E-state index contributed by atoms with van der Waals surface area (Å²) in [5, 5.41) is 0. The molecule has 0 unspecified atom stereocenters. The van der Waals surface area contributed by atoms with Gasteiger partial charge in [-0.25, -0.2) is 19.2 Å². The number of benzene rings is 2. The molecule has 0 radical (unpaired) electrons. The molecule has 0 amide bonds. The number of rotatable bonds is 0. The van der Waals surface area contributed by atoms with Crippen LogP contribution < -0.4 is 13.3 Å².